The Labute approximate surface area is 125 Å². The van der Waals surface area contributed by atoms with Crippen molar-refractivity contribution in [3.05, 3.63) is 36.9 Å². The monoisotopic (exact) mass is 283 g/mol. The van der Waals surface area contributed by atoms with Crippen LogP contribution in [0, 0.1) is 0 Å². The summed E-state index contributed by atoms with van der Waals surface area (Å²) in [7, 11) is 2.11. The molecule has 0 atom stereocenters. The van der Waals surface area contributed by atoms with Crippen LogP contribution in [0.25, 0.3) is 10.9 Å². The van der Waals surface area contributed by atoms with Crippen LogP contribution < -0.4 is 10.2 Å². The fourth-order valence-electron chi connectivity index (χ4n) is 3.03. The molecule has 1 aliphatic heterocycles. The number of aromatic nitrogens is 1. The second kappa shape index (κ2) is 5.64. The second-order valence-corrected chi connectivity index (χ2v) is 5.58. The first-order valence-electron chi connectivity index (χ1n) is 7.47. The molecule has 1 saturated heterocycles. The number of hydrogen-bond donors (Lipinski definition) is 1. The number of anilines is 2. The SMILES string of the molecule is C=CC(=O)Nc1ccc2c(c1)cc(N1CCCCC1)n2C. The first-order valence-corrected chi connectivity index (χ1v) is 7.47. The highest BCUT2D eigenvalue weighted by molar-refractivity contribution is 6.00. The molecule has 2 heterocycles. The van der Waals surface area contributed by atoms with E-state index < -0.39 is 0 Å². The highest BCUT2D eigenvalue weighted by Gasteiger charge is 2.15. The number of nitrogens with zero attached hydrogens (tertiary/aromatic N) is 2. The predicted octanol–water partition coefficient (Wildman–Crippen LogP) is 3.29. The van der Waals surface area contributed by atoms with Gasteiger partial charge < -0.3 is 14.8 Å². The molecular weight excluding hydrogens is 262 g/mol. The minimum absolute atomic E-state index is 0.179. The maximum absolute atomic E-state index is 11.4. The van der Waals surface area contributed by atoms with Gasteiger partial charge in [-0.2, -0.15) is 0 Å². The summed E-state index contributed by atoms with van der Waals surface area (Å²) in [5.74, 6) is 1.08. The highest BCUT2D eigenvalue weighted by Crippen LogP contribution is 2.29. The van der Waals surface area contributed by atoms with Gasteiger partial charge in [0.15, 0.2) is 0 Å². The lowest BCUT2D eigenvalue weighted by molar-refractivity contribution is -0.111. The summed E-state index contributed by atoms with van der Waals surface area (Å²) < 4.78 is 2.24. The third kappa shape index (κ3) is 2.66. The van der Waals surface area contributed by atoms with E-state index in [1.54, 1.807) is 0 Å². The van der Waals surface area contributed by atoms with Gasteiger partial charge in [0.05, 0.1) is 0 Å². The maximum atomic E-state index is 11.4. The van der Waals surface area contributed by atoms with Gasteiger partial charge in [-0.1, -0.05) is 6.58 Å². The number of carbonyl (C=O) groups is 1. The molecule has 1 amide bonds. The van der Waals surface area contributed by atoms with Crippen LogP contribution in [-0.4, -0.2) is 23.6 Å². The van der Waals surface area contributed by atoms with E-state index in [-0.39, 0.29) is 5.91 Å². The van der Waals surface area contributed by atoms with E-state index in [9.17, 15) is 4.79 Å². The molecule has 2 aromatic rings. The van der Waals surface area contributed by atoms with Crippen molar-refractivity contribution in [2.75, 3.05) is 23.3 Å². The topological polar surface area (TPSA) is 37.3 Å². The number of benzene rings is 1. The van der Waals surface area contributed by atoms with E-state index >= 15 is 0 Å². The van der Waals surface area contributed by atoms with Gasteiger partial charge in [0.2, 0.25) is 5.91 Å². The van der Waals surface area contributed by atoms with Crippen molar-refractivity contribution in [1.82, 2.24) is 4.57 Å². The molecule has 0 bridgehead atoms. The summed E-state index contributed by atoms with van der Waals surface area (Å²) in [5.41, 5.74) is 2.00. The molecule has 3 rings (SSSR count). The summed E-state index contributed by atoms with van der Waals surface area (Å²) in [6, 6.07) is 8.22. The Morgan fingerprint density at radius 3 is 2.71 bits per heavy atom. The van der Waals surface area contributed by atoms with E-state index in [2.05, 4.69) is 40.5 Å². The van der Waals surface area contributed by atoms with Crippen molar-refractivity contribution < 1.29 is 4.79 Å². The van der Waals surface area contributed by atoms with Crippen LogP contribution >= 0.6 is 0 Å². The van der Waals surface area contributed by atoms with E-state index in [1.807, 2.05) is 12.1 Å². The van der Waals surface area contributed by atoms with Crippen LogP contribution in [0.1, 0.15) is 19.3 Å². The number of aryl methyl sites for hydroxylation is 1. The zero-order valence-corrected chi connectivity index (χ0v) is 12.4. The zero-order valence-electron chi connectivity index (χ0n) is 12.4. The van der Waals surface area contributed by atoms with Gasteiger partial charge in [-0.15, -0.1) is 0 Å². The van der Waals surface area contributed by atoms with Crippen molar-refractivity contribution >= 4 is 28.3 Å². The zero-order chi connectivity index (χ0) is 14.8. The lowest BCUT2D eigenvalue weighted by atomic mass is 10.1. The van der Waals surface area contributed by atoms with Gasteiger partial charge in [0.25, 0.3) is 0 Å². The van der Waals surface area contributed by atoms with Gasteiger partial charge in [0, 0.05) is 36.7 Å². The van der Waals surface area contributed by atoms with E-state index in [1.165, 1.54) is 36.7 Å². The van der Waals surface area contributed by atoms with Crippen LogP contribution in [-0.2, 0) is 11.8 Å². The van der Waals surface area contributed by atoms with Crippen LogP contribution in [0.15, 0.2) is 36.9 Å². The third-order valence-electron chi connectivity index (χ3n) is 4.15. The van der Waals surface area contributed by atoms with Crippen molar-refractivity contribution in [2.24, 2.45) is 7.05 Å². The molecule has 0 aliphatic carbocycles. The number of piperidine rings is 1. The number of carbonyl (C=O) groups excluding carboxylic acids is 1. The van der Waals surface area contributed by atoms with Crippen molar-refractivity contribution in [1.29, 1.82) is 0 Å². The molecule has 1 aliphatic rings. The Balaban J connectivity index is 1.94. The normalized spacial score (nSPS) is 15.2. The quantitative estimate of drug-likeness (QED) is 0.878. The van der Waals surface area contributed by atoms with Crippen LogP contribution in [0.3, 0.4) is 0 Å². The van der Waals surface area contributed by atoms with Crippen LogP contribution in [0.5, 0.6) is 0 Å². The minimum Gasteiger partial charge on any atom is -0.358 e. The number of nitrogens with one attached hydrogen (secondary N) is 1. The van der Waals surface area contributed by atoms with Gasteiger partial charge in [-0.05, 0) is 49.6 Å². The molecular formula is C17H21N3O. The summed E-state index contributed by atoms with van der Waals surface area (Å²) in [5, 5.41) is 3.96. The largest absolute Gasteiger partial charge is 0.358 e. The molecule has 1 fully saturated rings. The molecule has 0 saturated carbocycles. The summed E-state index contributed by atoms with van der Waals surface area (Å²) in [6.45, 7) is 5.73. The summed E-state index contributed by atoms with van der Waals surface area (Å²) in [4.78, 5) is 13.8. The van der Waals surface area contributed by atoms with Crippen molar-refractivity contribution in [2.45, 2.75) is 19.3 Å². The van der Waals surface area contributed by atoms with Crippen LogP contribution in [0.2, 0.25) is 0 Å². The molecule has 110 valence electrons. The van der Waals surface area contributed by atoms with Gasteiger partial charge in [-0.25, -0.2) is 0 Å². The van der Waals surface area contributed by atoms with E-state index in [4.69, 9.17) is 0 Å². The lowest BCUT2D eigenvalue weighted by Crippen LogP contribution is -2.30. The number of fused-ring (bicyclic) bond motifs is 1. The molecule has 4 heteroatoms. The fraction of sp³-hybridized carbons (Fsp3) is 0.353. The first kappa shape index (κ1) is 13.7. The van der Waals surface area contributed by atoms with Crippen molar-refractivity contribution in [3.63, 3.8) is 0 Å². The third-order valence-corrected chi connectivity index (χ3v) is 4.15. The summed E-state index contributed by atoms with van der Waals surface area (Å²) >= 11 is 0. The molecule has 1 aromatic carbocycles. The Kier molecular flexibility index (Phi) is 3.69. The van der Waals surface area contributed by atoms with Crippen molar-refractivity contribution in [3.8, 4) is 0 Å². The molecule has 0 spiro atoms. The number of amides is 1. The number of rotatable bonds is 3. The van der Waals surface area contributed by atoms with Gasteiger partial charge in [-0.3, -0.25) is 4.79 Å². The Morgan fingerprint density at radius 2 is 2.00 bits per heavy atom. The van der Waals surface area contributed by atoms with Gasteiger partial charge >= 0.3 is 0 Å². The van der Waals surface area contributed by atoms with Crippen LogP contribution in [0.4, 0.5) is 11.5 Å². The molecule has 1 N–H and O–H groups in total. The maximum Gasteiger partial charge on any atom is 0.247 e. The first-order chi connectivity index (χ1) is 10.2. The molecule has 0 unspecified atom stereocenters. The lowest BCUT2D eigenvalue weighted by Gasteiger charge is -2.28. The smallest absolute Gasteiger partial charge is 0.247 e. The molecule has 0 radical (unpaired) electrons. The fourth-order valence-corrected chi connectivity index (χ4v) is 3.03. The summed E-state index contributed by atoms with van der Waals surface area (Å²) in [6.07, 6.45) is 5.15. The standard InChI is InChI=1S/C17H21N3O/c1-3-16(21)18-14-7-8-15-13(11-14)12-17(19(15)2)20-9-5-4-6-10-20/h3,7-8,11-12H,1,4-6,9-10H2,2H3,(H,18,21). The predicted molar refractivity (Wildman–Crippen MR) is 87.8 cm³/mol. The molecule has 4 nitrogen and oxygen atoms in total. The molecule has 1 aromatic heterocycles. The van der Waals surface area contributed by atoms with E-state index in [0.29, 0.717) is 0 Å². The Morgan fingerprint density at radius 1 is 1.24 bits per heavy atom. The highest BCUT2D eigenvalue weighted by atomic mass is 16.1. The van der Waals surface area contributed by atoms with E-state index in [0.717, 1.165) is 24.2 Å². The minimum atomic E-state index is -0.179. The van der Waals surface area contributed by atoms with Gasteiger partial charge in [0.1, 0.15) is 5.82 Å². The Bertz CT molecular complexity index is 681. The average molecular weight is 283 g/mol. The average Bonchev–Trinajstić information content (AvgIpc) is 2.84. The Hall–Kier alpha value is -2.23. The molecule has 21 heavy (non-hydrogen) atoms. The second-order valence-electron chi connectivity index (χ2n) is 5.58. The number of hydrogen-bond acceptors (Lipinski definition) is 2.